The number of amides is 1. The van der Waals surface area contributed by atoms with Gasteiger partial charge in [-0.1, -0.05) is 19.3 Å². The average molecular weight is 262 g/mol. The third-order valence-corrected chi connectivity index (χ3v) is 3.82. The van der Waals surface area contributed by atoms with Crippen molar-refractivity contribution < 1.29 is 14.3 Å². The fraction of sp³-hybridized carbons (Fsp3) is 0.500. The van der Waals surface area contributed by atoms with Crippen LogP contribution in [0.15, 0.2) is 12.1 Å². The molecule has 1 saturated carbocycles. The van der Waals surface area contributed by atoms with Crippen LogP contribution in [0.25, 0.3) is 0 Å². The third kappa shape index (κ3) is 2.59. The first-order chi connectivity index (χ1) is 9.22. The van der Waals surface area contributed by atoms with Crippen molar-refractivity contribution >= 4 is 17.3 Å². The van der Waals surface area contributed by atoms with Crippen LogP contribution in [0.2, 0.25) is 0 Å². The Morgan fingerprint density at radius 1 is 1.32 bits per heavy atom. The maximum atomic E-state index is 11.9. The first kappa shape index (κ1) is 12.1. The van der Waals surface area contributed by atoms with Gasteiger partial charge in [-0.15, -0.1) is 0 Å². The van der Waals surface area contributed by atoms with Gasteiger partial charge in [0.25, 0.3) is 0 Å². The number of ether oxygens (including phenoxy) is 2. The molecule has 19 heavy (non-hydrogen) atoms. The van der Waals surface area contributed by atoms with Crippen molar-refractivity contribution in [3.05, 3.63) is 12.1 Å². The molecule has 0 bridgehead atoms. The van der Waals surface area contributed by atoms with Crippen LogP contribution in [0.1, 0.15) is 32.1 Å². The molecule has 1 aliphatic carbocycles. The van der Waals surface area contributed by atoms with Crippen LogP contribution in [0.5, 0.6) is 11.5 Å². The molecular formula is C14H18N2O3. The number of hydrogen-bond acceptors (Lipinski definition) is 4. The van der Waals surface area contributed by atoms with E-state index in [2.05, 4.69) is 5.32 Å². The number of anilines is 2. The molecule has 1 fully saturated rings. The largest absolute Gasteiger partial charge is 0.454 e. The minimum atomic E-state index is 0.0115. The fourth-order valence-corrected chi connectivity index (χ4v) is 2.40. The van der Waals surface area contributed by atoms with Gasteiger partial charge in [-0.3, -0.25) is 4.79 Å². The van der Waals surface area contributed by atoms with E-state index < -0.39 is 0 Å². The van der Waals surface area contributed by atoms with E-state index in [-0.39, 0.29) is 12.7 Å². The maximum Gasteiger partial charge on any atom is 0.231 e. The summed E-state index contributed by atoms with van der Waals surface area (Å²) in [7, 11) is 0. The van der Waals surface area contributed by atoms with Crippen LogP contribution in [0.4, 0.5) is 11.4 Å². The minimum Gasteiger partial charge on any atom is -0.454 e. The van der Waals surface area contributed by atoms with Gasteiger partial charge in [-0.2, -0.15) is 0 Å². The second kappa shape index (κ2) is 4.99. The molecule has 0 saturated heterocycles. The van der Waals surface area contributed by atoms with Gasteiger partial charge in [-0.25, -0.2) is 0 Å². The van der Waals surface area contributed by atoms with E-state index in [9.17, 15) is 4.79 Å². The smallest absolute Gasteiger partial charge is 0.231 e. The fourth-order valence-electron chi connectivity index (χ4n) is 2.40. The van der Waals surface area contributed by atoms with Crippen LogP contribution in [0.3, 0.4) is 0 Å². The second-order valence-electron chi connectivity index (χ2n) is 5.18. The predicted octanol–water partition coefficient (Wildman–Crippen LogP) is 2.52. The first-order valence-corrected chi connectivity index (χ1v) is 6.71. The average Bonchev–Trinajstić information content (AvgIpc) is 2.74. The molecule has 2 aliphatic rings. The molecule has 0 atom stereocenters. The topological polar surface area (TPSA) is 73.6 Å². The van der Waals surface area contributed by atoms with E-state index in [1.807, 2.05) is 0 Å². The van der Waals surface area contributed by atoms with Crippen LogP contribution >= 0.6 is 0 Å². The van der Waals surface area contributed by atoms with Crippen molar-refractivity contribution in [2.45, 2.75) is 32.1 Å². The highest BCUT2D eigenvalue weighted by atomic mass is 16.7. The molecular weight excluding hydrogens is 244 g/mol. The number of benzene rings is 1. The van der Waals surface area contributed by atoms with Crippen LogP contribution in [-0.2, 0) is 4.79 Å². The monoisotopic (exact) mass is 262 g/mol. The van der Waals surface area contributed by atoms with Crippen molar-refractivity contribution in [2.24, 2.45) is 5.92 Å². The van der Waals surface area contributed by atoms with E-state index in [0.29, 0.717) is 29.3 Å². The normalized spacial score (nSPS) is 17.1. The summed E-state index contributed by atoms with van der Waals surface area (Å²) in [5.41, 5.74) is 6.99. The highest BCUT2D eigenvalue weighted by molar-refractivity contribution is 5.94. The molecule has 0 aromatic heterocycles. The summed E-state index contributed by atoms with van der Waals surface area (Å²) in [6.45, 7) is 0.202. The summed E-state index contributed by atoms with van der Waals surface area (Å²) < 4.78 is 10.5. The number of nitrogen functional groups attached to an aromatic ring is 1. The van der Waals surface area contributed by atoms with Crippen LogP contribution in [0, 0.1) is 5.92 Å². The summed E-state index contributed by atoms with van der Waals surface area (Å²) in [5, 5.41) is 2.84. The summed E-state index contributed by atoms with van der Waals surface area (Å²) in [6.07, 6.45) is 5.36. The second-order valence-corrected chi connectivity index (χ2v) is 5.18. The number of nitrogens with one attached hydrogen (secondary N) is 1. The van der Waals surface area contributed by atoms with E-state index in [0.717, 1.165) is 12.3 Å². The third-order valence-electron chi connectivity index (χ3n) is 3.82. The Labute approximate surface area is 112 Å². The van der Waals surface area contributed by atoms with Crippen LogP contribution < -0.4 is 20.5 Å². The molecule has 5 nitrogen and oxygen atoms in total. The Morgan fingerprint density at radius 3 is 2.74 bits per heavy atom. The summed E-state index contributed by atoms with van der Waals surface area (Å²) >= 11 is 0. The zero-order valence-corrected chi connectivity index (χ0v) is 10.8. The van der Waals surface area contributed by atoms with Crippen molar-refractivity contribution in [1.82, 2.24) is 0 Å². The molecule has 0 radical (unpaired) electrons. The molecule has 1 aromatic carbocycles. The van der Waals surface area contributed by atoms with Crippen LogP contribution in [-0.4, -0.2) is 12.7 Å². The lowest BCUT2D eigenvalue weighted by atomic mass is 9.82. The molecule has 1 aromatic rings. The standard InChI is InChI=1S/C14H18N2O3/c15-10-6-12-13(19-8-18-12)7-11(10)16-14(17)5-4-9-2-1-3-9/h6-7,9H,1-5,8,15H2,(H,16,17). The number of rotatable bonds is 4. The van der Waals surface area contributed by atoms with Gasteiger partial charge in [0, 0.05) is 18.6 Å². The van der Waals surface area contributed by atoms with Crippen molar-refractivity contribution in [2.75, 3.05) is 17.8 Å². The Morgan fingerprint density at radius 2 is 2.05 bits per heavy atom. The van der Waals surface area contributed by atoms with E-state index in [1.54, 1.807) is 12.1 Å². The molecule has 3 N–H and O–H groups in total. The Balaban J connectivity index is 1.60. The number of hydrogen-bond donors (Lipinski definition) is 2. The molecule has 1 heterocycles. The highest BCUT2D eigenvalue weighted by Crippen LogP contribution is 2.38. The van der Waals surface area contributed by atoms with Gasteiger partial charge < -0.3 is 20.5 Å². The summed E-state index contributed by atoms with van der Waals surface area (Å²) in [6, 6.07) is 3.41. The lowest BCUT2D eigenvalue weighted by Crippen LogP contribution is -2.17. The predicted molar refractivity (Wildman–Crippen MR) is 72.2 cm³/mol. The molecule has 1 amide bonds. The first-order valence-electron chi connectivity index (χ1n) is 6.71. The molecule has 1 aliphatic heterocycles. The Kier molecular flexibility index (Phi) is 3.19. The lowest BCUT2D eigenvalue weighted by Gasteiger charge is -2.24. The Hall–Kier alpha value is -1.91. The van der Waals surface area contributed by atoms with Gasteiger partial charge in [0.15, 0.2) is 11.5 Å². The number of fused-ring (bicyclic) bond motifs is 1. The zero-order valence-electron chi connectivity index (χ0n) is 10.8. The molecule has 5 heteroatoms. The van der Waals surface area contributed by atoms with Gasteiger partial charge in [0.05, 0.1) is 11.4 Å². The van der Waals surface area contributed by atoms with Crippen molar-refractivity contribution in [3.63, 3.8) is 0 Å². The maximum absolute atomic E-state index is 11.9. The number of nitrogens with two attached hydrogens (primary N) is 1. The number of carbonyl (C=O) groups is 1. The molecule has 0 spiro atoms. The molecule has 0 unspecified atom stereocenters. The Bertz CT molecular complexity index is 498. The van der Waals surface area contributed by atoms with E-state index >= 15 is 0 Å². The van der Waals surface area contributed by atoms with Gasteiger partial charge in [-0.05, 0) is 12.3 Å². The summed E-state index contributed by atoms with van der Waals surface area (Å²) in [4.78, 5) is 11.9. The van der Waals surface area contributed by atoms with Gasteiger partial charge in [0.1, 0.15) is 0 Å². The highest BCUT2D eigenvalue weighted by Gasteiger charge is 2.20. The quantitative estimate of drug-likeness (QED) is 0.818. The molecule has 102 valence electrons. The lowest BCUT2D eigenvalue weighted by molar-refractivity contribution is -0.116. The zero-order chi connectivity index (χ0) is 13.2. The number of carbonyl (C=O) groups excluding carboxylic acids is 1. The summed E-state index contributed by atoms with van der Waals surface area (Å²) in [5.74, 6) is 2.01. The van der Waals surface area contributed by atoms with Gasteiger partial charge in [0.2, 0.25) is 12.7 Å². The van der Waals surface area contributed by atoms with Gasteiger partial charge >= 0.3 is 0 Å². The van der Waals surface area contributed by atoms with E-state index in [4.69, 9.17) is 15.2 Å². The SMILES string of the molecule is Nc1cc2c(cc1NC(=O)CCC1CCC1)OCO2. The van der Waals surface area contributed by atoms with E-state index in [1.165, 1.54) is 19.3 Å². The minimum absolute atomic E-state index is 0.0115. The van der Waals surface area contributed by atoms with Crippen molar-refractivity contribution in [1.29, 1.82) is 0 Å². The molecule has 3 rings (SSSR count). The van der Waals surface area contributed by atoms with Crippen molar-refractivity contribution in [3.8, 4) is 11.5 Å².